The summed E-state index contributed by atoms with van der Waals surface area (Å²) in [6, 6.07) is 5.81. The number of aromatic hydroxyl groups is 1. The molecule has 1 saturated heterocycles. The quantitative estimate of drug-likeness (QED) is 0.893. The molecule has 0 bridgehead atoms. The van der Waals surface area contributed by atoms with Gasteiger partial charge in [0.25, 0.3) is 5.56 Å². The summed E-state index contributed by atoms with van der Waals surface area (Å²) in [5.74, 6) is -0.556. The number of hydrogen-bond donors (Lipinski definition) is 2. The first kappa shape index (κ1) is 15.6. The van der Waals surface area contributed by atoms with Gasteiger partial charge in [0.1, 0.15) is 5.75 Å². The van der Waals surface area contributed by atoms with Gasteiger partial charge in [-0.15, -0.1) is 0 Å². The molecule has 7 heteroatoms. The minimum Gasteiger partial charge on any atom is -0.507 e. The lowest BCUT2D eigenvalue weighted by Gasteiger charge is -2.15. The molecule has 1 aromatic carbocycles. The molecule has 1 aliphatic heterocycles. The standard InChI is InChI=1S/C16H15F3N2O2/c17-16(18,19)10-3-4-12(14(22)8-10)13-2-1-7-21(15(13)23)11-5-6-20-9-11/h1-4,7-8,11,20,22H,5-6,9H2/t11-/m1/s1. The number of phenolic OH excluding ortho intramolecular Hbond substituents is 1. The van der Waals surface area contributed by atoms with Gasteiger partial charge in [0, 0.05) is 18.3 Å². The molecule has 1 aliphatic rings. The highest BCUT2D eigenvalue weighted by Gasteiger charge is 2.31. The van der Waals surface area contributed by atoms with Crippen molar-refractivity contribution in [2.45, 2.75) is 18.6 Å². The number of hydrogen-bond acceptors (Lipinski definition) is 3. The van der Waals surface area contributed by atoms with Gasteiger partial charge < -0.3 is 15.0 Å². The Morgan fingerprint density at radius 1 is 1.22 bits per heavy atom. The monoisotopic (exact) mass is 324 g/mol. The van der Waals surface area contributed by atoms with Crippen LogP contribution in [0.1, 0.15) is 18.0 Å². The topological polar surface area (TPSA) is 54.3 Å². The maximum Gasteiger partial charge on any atom is 0.416 e. The minimum absolute atomic E-state index is 0.0130. The molecule has 3 rings (SSSR count). The zero-order valence-corrected chi connectivity index (χ0v) is 12.1. The normalized spacial score (nSPS) is 18.3. The van der Waals surface area contributed by atoms with Crippen LogP contribution in [0.15, 0.2) is 41.3 Å². The predicted molar refractivity (Wildman–Crippen MR) is 79.3 cm³/mol. The number of pyridine rings is 1. The van der Waals surface area contributed by atoms with Gasteiger partial charge in [-0.2, -0.15) is 13.2 Å². The third-order valence-electron chi connectivity index (χ3n) is 4.02. The molecule has 2 N–H and O–H groups in total. The van der Waals surface area contributed by atoms with Gasteiger partial charge in [0.2, 0.25) is 0 Å². The fourth-order valence-electron chi connectivity index (χ4n) is 2.82. The zero-order valence-electron chi connectivity index (χ0n) is 12.1. The summed E-state index contributed by atoms with van der Waals surface area (Å²) in [5, 5.41) is 13.1. The molecule has 0 aliphatic carbocycles. The van der Waals surface area contributed by atoms with Crippen molar-refractivity contribution >= 4 is 0 Å². The van der Waals surface area contributed by atoms with Gasteiger partial charge in [0.05, 0.1) is 17.2 Å². The first-order chi connectivity index (χ1) is 10.9. The van der Waals surface area contributed by atoms with Gasteiger partial charge in [-0.25, -0.2) is 0 Å². The van der Waals surface area contributed by atoms with Crippen LogP contribution in [0.5, 0.6) is 5.75 Å². The summed E-state index contributed by atoms with van der Waals surface area (Å²) in [4.78, 5) is 12.6. The maximum absolute atomic E-state index is 12.7. The molecule has 1 aromatic heterocycles. The van der Waals surface area contributed by atoms with E-state index < -0.39 is 17.5 Å². The Morgan fingerprint density at radius 2 is 2.00 bits per heavy atom. The second kappa shape index (κ2) is 5.73. The van der Waals surface area contributed by atoms with Gasteiger partial charge in [-0.3, -0.25) is 4.79 Å². The zero-order chi connectivity index (χ0) is 16.6. The van der Waals surface area contributed by atoms with Crippen LogP contribution in [0.4, 0.5) is 13.2 Å². The molecule has 0 amide bonds. The van der Waals surface area contributed by atoms with E-state index in [2.05, 4.69) is 5.32 Å². The van der Waals surface area contributed by atoms with Crippen LogP contribution < -0.4 is 10.9 Å². The molecule has 122 valence electrons. The van der Waals surface area contributed by atoms with Gasteiger partial charge >= 0.3 is 6.18 Å². The fraction of sp³-hybridized carbons (Fsp3) is 0.312. The number of nitrogens with zero attached hydrogens (tertiary/aromatic N) is 1. The molecule has 23 heavy (non-hydrogen) atoms. The largest absolute Gasteiger partial charge is 0.507 e. The van der Waals surface area contributed by atoms with Gasteiger partial charge in [0.15, 0.2) is 0 Å². The summed E-state index contributed by atoms with van der Waals surface area (Å²) in [6.07, 6.45) is -2.07. The molecule has 0 radical (unpaired) electrons. The van der Waals surface area contributed by atoms with Crippen molar-refractivity contribution in [2.24, 2.45) is 0 Å². The van der Waals surface area contributed by atoms with E-state index in [1.165, 1.54) is 6.07 Å². The Labute approximate surface area is 130 Å². The van der Waals surface area contributed by atoms with Crippen molar-refractivity contribution in [3.63, 3.8) is 0 Å². The summed E-state index contributed by atoms with van der Waals surface area (Å²) in [6.45, 7) is 1.48. The SMILES string of the molecule is O=c1c(-c2ccc(C(F)(F)F)cc2O)cccn1[C@@H]1CCNC1. The van der Waals surface area contributed by atoms with E-state index in [0.29, 0.717) is 12.6 Å². The third kappa shape index (κ3) is 2.96. The summed E-state index contributed by atoms with van der Waals surface area (Å²) < 4.78 is 39.6. The lowest BCUT2D eigenvalue weighted by molar-refractivity contribution is -0.137. The van der Waals surface area contributed by atoms with Crippen LogP contribution in [0.25, 0.3) is 11.1 Å². The number of nitrogens with one attached hydrogen (secondary N) is 1. The van der Waals surface area contributed by atoms with E-state index in [1.807, 2.05) is 0 Å². The van der Waals surface area contributed by atoms with Crippen LogP contribution >= 0.6 is 0 Å². The first-order valence-corrected chi connectivity index (χ1v) is 7.20. The average Bonchev–Trinajstić information content (AvgIpc) is 3.01. The number of phenols is 1. The number of rotatable bonds is 2. The van der Waals surface area contributed by atoms with Crippen LogP contribution in [0.3, 0.4) is 0 Å². The lowest BCUT2D eigenvalue weighted by atomic mass is 10.0. The second-order valence-electron chi connectivity index (χ2n) is 5.51. The van der Waals surface area contributed by atoms with Crippen molar-refractivity contribution in [3.8, 4) is 16.9 Å². The highest BCUT2D eigenvalue weighted by Crippen LogP contribution is 2.35. The Bertz CT molecular complexity index is 778. The number of benzene rings is 1. The molecule has 1 fully saturated rings. The van der Waals surface area contributed by atoms with Crippen LogP contribution in [0, 0.1) is 0 Å². The van der Waals surface area contributed by atoms with Crippen molar-refractivity contribution in [1.82, 2.24) is 9.88 Å². The molecular weight excluding hydrogens is 309 g/mol. The minimum atomic E-state index is -4.54. The summed E-state index contributed by atoms with van der Waals surface area (Å²) in [5.41, 5.74) is -0.986. The Hall–Kier alpha value is -2.28. The van der Waals surface area contributed by atoms with Crippen LogP contribution in [-0.4, -0.2) is 22.8 Å². The molecule has 1 atom stereocenters. The van der Waals surface area contributed by atoms with Gasteiger partial charge in [-0.1, -0.05) is 0 Å². The summed E-state index contributed by atoms with van der Waals surface area (Å²) in [7, 11) is 0. The highest BCUT2D eigenvalue weighted by molar-refractivity contribution is 5.69. The molecule has 0 unspecified atom stereocenters. The van der Waals surface area contributed by atoms with Crippen molar-refractivity contribution in [2.75, 3.05) is 13.1 Å². The Balaban J connectivity index is 2.05. The van der Waals surface area contributed by atoms with Crippen molar-refractivity contribution < 1.29 is 18.3 Å². The molecule has 2 heterocycles. The smallest absolute Gasteiger partial charge is 0.416 e. The van der Waals surface area contributed by atoms with Gasteiger partial charge in [-0.05, 0) is 43.3 Å². The van der Waals surface area contributed by atoms with E-state index in [-0.39, 0.29) is 22.7 Å². The van der Waals surface area contributed by atoms with E-state index in [9.17, 15) is 23.1 Å². The maximum atomic E-state index is 12.7. The van der Waals surface area contributed by atoms with E-state index in [4.69, 9.17) is 0 Å². The van der Waals surface area contributed by atoms with Crippen LogP contribution in [0.2, 0.25) is 0 Å². The number of aromatic nitrogens is 1. The molecular formula is C16H15F3N2O2. The van der Waals surface area contributed by atoms with Crippen molar-refractivity contribution in [3.05, 3.63) is 52.4 Å². The molecule has 4 nitrogen and oxygen atoms in total. The first-order valence-electron chi connectivity index (χ1n) is 7.20. The Kier molecular flexibility index (Phi) is 3.89. The predicted octanol–water partition coefficient (Wildman–Crippen LogP) is 2.77. The van der Waals surface area contributed by atoms with Crippen LogP contribution in [-0.2, 0) is 6.18 Å². The van der Waals surface area contributed by atoms with E-state index >= 15 is 0 Å². The highest BCUT2D eigenvalue weighted by atomic mass is 19.4. The summed E-state index contributed by atoms with van der Waals surface area (Å²) >= 11 is 0. The van der Waals surface area contributed by atoms with E-state index in [1.54, 1.807) is 16.8 Å². The average molecular weight is 324 g/mol. The van der Waals surface area contributed by atoms with E-state index in [0.717, 1.165) is 25.1 Å². The Morgan fingerprint density at radius 3 is 2.61 bits per heavy atom. The van der Waals surface area contributed by atoms with Crippen molar-refractivity contribution in [1.29, 1.82) is 0 Å². The third-order valence-corrected chi connectivity index (χ3v) is 4.02. The number of alkyl halides is 3. The molecule has 0 spiro atoms. The molecule has 2 aromatic rings. The second-order valence-corrected chi connectivity index (χ2v) is 5.51. The lowest BCUT2D eigenvalue weighted by Crippen LogP contribution is -2.26. The number of halogens is 3. The molecule has 0 saturated carbocycles. The fourth-order valence-corrected chi connectivity index (χ4v) is 2.82.